The van der Waals surface area contributed by atoms with Crippen LogP contribution >= 0.6 is 11.6 Å². The summed E-state index contributed by atoms with van der Waals surface area (Å²) in [5.74, 6) is 1.14. The van der Waals surface area contributed by atoms with Gasteiger partial charge in [-0.1, -0.05) is 29.3 Å². The van der Waals surface area contributed by atoms with Crippen molar-refractivity contribution >= 4 is 23.5 Å². The summed E-state index contributed by atoms with van der Waals surface area (Å²) in [6.45, 7) is 1.91. The molecule has 2 aliphatic rings. The lowest BCUT2D eigenvalue weighted by molar-refractivity contribution is 0.895. The van der Waals surface area contributed by atoms with Gasteiger partial charge < -0.3 is 5.32 Å². The second kappa shape index (κ2) is 4.53. The third-order valence-electron chi connectivity index (χ3n) is 3.32. The van der Waals surface area contributed by atoms with E-state index < -0.39 is 0 Å². The number of amidine groups is 1. The van der Waals surface area contributed by atoms with Crippen LogP contribution in [-0.4, -0.2) is 18.9 Å². The van der Waals surface area contributed by atoms with Gasteiger partial charge in [0.25, 0.3) is 0 Å². The van der Waals surface area contributed by atoms with Crippen molar-refractivity contribution in [3.63, 3.8) is 0 Å². The summed E-state index contributed by atoms with van der Waals surface area (Å²) in [4.78, 5) is 4.44. The van der Waals surface area contributed by atoms with E-state index in [-0.39, 0.29) is 0 Å². The van der Waals surface area contributed by atoms with E-state index >= 15 is 0 Å². The summed E-state index contributed by atoms with van der Waals surface area (Å²) in [6, 6.07) is 6.16. The molecule has 3 heteroatoms. The summed E-state index contributed by atoms with van der Waals surface area (Å²) in [5, 5.41) is 4.14. The van der Waals surface area contributed by atoms with Crippen LogP contribution in [-0.2, 0) is 6.42 Å². The molecule has 1 aliphatic heterocycles. The van der Waals surface area contributed by atoms with Crippen molar-refractivity contribution in [2.24, 2.45) is 4.99 Å². The molecule has 0 spiro atoms. The Morgan fingerprint density at radius 2 is 2.24 bits per heavy atom. The fraction of sp³-hybridized carbons (Fsp3) is 0.357. The number of nitrogens with one attached hydrogen (secondary N) is 1. The van der Waals surface area contributed by atoms with Crippen LogP contribution in [0, 0.1) is 0 Å². The minimum absolute atomic E-state index is 0.817. The van der Waals surface area contributed by atoms with Gasteiger partial charge in [-0.15, -0.1) is 0 Å². The van der Waals surface area contributed by atoms with Gasteiger partial charge in [0.1, 0.15) is 5.84 Å². The molecule has 0 atom stereocenters. The highest BCUT2D eigenvalue weighted by atomic mass is 35.5. The maximum absolute atomic E-state index is 6.03. The van der Waals surface area contributed by atoms with Gasteiger partial charge in [-0.3, -0.25) is 4.99 Å². The minimum atomic E-state index is 0.817. The Labute approximate surface area is 106 Å². The number of fused-ring (bicyclic) bond motifs is 1. The number of aliphatic imine (C=N–C) groups is 1. The molecule has 0 unspecified atom stereocenters. The Hall–Kier alpha value is -1.28. The molecule has 1 heterocycles. The molecule has 1 aliphatic carbocycles. The van der Waals surface area contributed by atoms with E-state index in [0.717, 1.165) is 43.2 Å². The van der Waals surface area contributed by atoms with E-state index in [0.29, 0.717) is 0 Å². The molecule has 2 nitrogen and oxygen atoms in total. The second-order valence-electron chi connectivity index (χ2n) is 4.58. The molecule has 0 fully saturated rings. The Kier molecular flexibility index (Phi) is 2.89. The third kappa shape index (κ3) is 2.37. The van der Waals surface area contributed by atoms with Crippen LogP contribution in [0.3, 0.4) is 0 Å². The zero-order valence-electron chi connectivity index (χ0n) is 9.67. The number of rotatable bonds is 2. The maximum Gasteiger partial charge on any atom is 0.101 e. The summed E-state index contributed by atoms with van der Waals surface area (Å²) < 4.78 is 0. The van der Waals surface area contributed by atoms with Crippen molar-refractivity contribution < 1.29 is 0 Å². The van der Waals surface area contributed by atoms with E-state index in [1.165, 1.54) is 16.7 Å². The van der Waals surface area contributed by atoms with Crippen molar-refractivity contribution in [1.82, 2.24) is 5.32 Å². The Morgan fingerprint density at radius 1 is 1.29 bits per heavy atom. The summed E-state index contributed by atoms with van der Waals surface area (Å²) >= 11 is 6.03. The topological polar surface area (TPSA) is 24.4 Å². The Morgan fingerprint density at radius 3 is 3.06 bits per heavy atom. The predicted molar refractivity (Wildman–Crippen MR) is 72.7 cm³/mol. The average Bonchev–Trinajstić information content (AvgIpc) is 2.81. The highest BCUT2D eigenvalue weighted by Gasteiger charge is 2.13. The molecule has 1 aromatic rings. The van der Waals surface area contributed by atoms with E-state index in [1.54, 1.807) is 0 Å². The van der Waals surface area contributed by atoms with Gasteiger partial charge in [0.2, 0.25) is 0 Å². The fourth-order valence-corrected chi connectivity index (χ4v) is 2.62. The molecule has 0 bridgehead atoms. The number of nitrogens with zero attached hydrogens (tertiary/aromatic N) is 1. The molecule has 3 rings (SSSR count). The van der Waals surface area contributed by atoms with E-state index in [2.05, 4.69) is 28.5 Å². The first-order valence-corrected chi connectivity index (χ1v) is 6.44. The molecule has 0 amide bonds. The van der Waals surface area contributed by atoms with Crippen LogP contribution in [0.2, 0.25) is 5.02 Å². The lowest BCUT2D eigenvalue weighted by Crippen LogP contribution is -2.19. The smallest absolute Gasteiger partial charge is 0.101 e. The van der Waals surface area contributed by atoms with Crippen LogP contribution in [0.15, 0.2) is 28.8 Å². The largest absolute Gasteiger partial charge is 0.372 e. The van der Waals surface area contributed by atoms with Crippen LogP contribution in [0.4, 0.5) is 0 Å². The highest BCUT2D eigenvalue weighted by Crippen LogP contribution is 2.28. The first kappa shape index (κ1) is 10.8. The lowest BCUT2D eigenvalue weighted by atomic mass is 9.90. The molecule has 0 saturated heterocycles. The number of halogens is 1. The minimum Gasteiger partial charge on any atom is -0.372 e. The van der Waals surface area contributed by atoms with Crippen LogP contribution < -0.4 is 5.32 Å². The quantitative estimate of drug-likeness (QED) is 0.852. The van der Waals surface area contributed by atoms with Crippen molar-refractivity contribution in [2.45, 2.75) is 19.3 Å². The van der Waals surface area contributed by atoms with Gasteiger partial charge in [-0.25, -0.2) is 0 Å². The maximum atomic E-state index is 6.03. The molecule has 1 N–H and O–H groups in total. The van der Waals surface area contributed by atoms with E-state index in [9.17, 15) is 0 Å². The van der Waals surface area contributed by atoms with Gasteiger partial charge in [0.15, 0.2) is 0 Å². The van der Waals surface area contributed by atoms with Gasteiger partial charge in [-0.2, -0.15) is 0 Å². The molecular weight excluding hydrogens is 232 g/mol. The standard InChI is InChI=1S/C14H15ClN2/c15-13-4-3-11-2-1-10(7-12(11)9-13)8-14-16-5-6-17-14/h3-4,7,9H,1-2,5-6,8H2,(H,16,17). The monoisotopic (exact) mass is 246 g/mol. The normalized spacial score (nSPS) is 18.2. The molecule has 1 aromatic carbocycles. The zero-order chi connectivity index (χ0) is 11.7. The number of benzene rings is 1. The highest BCUT2D eigenvalue weighted by molar-refractivity contribution is 6.30. The van der Waals surface area contributed by atoms with Gasteiger partial charge >= 0.3 is 0 Å². The van der Waals surface area contributed by atoms with E-state index in [4.69, 9.17) is 11.6 Å². The number of aryl methyl sites for hydroxylation is 1. The SMILES string of the molecule is Clc1ccc2c(c1)C=C(CC1=NCCN1)CC2. The summed E-state index contributed by atoms with van der Waals surface area (Å²) in [5.41, 5.74) is 4.13. The molecule has 0 aromatic heterocycles. The predicted octanol–water partition coefficient (Wildman–Crippen LogP) is 3.06. The van der Waals surface area contributed by atoms with Gasteiger partial charge in [-0.05, 0) is 36.1 Å². The average molecular weight is 247 g/mol. The third-order valence-corrected chi connectivity index (χ3v) is 3.56. The van der Waals surface area contributed by atoms with Crippen molar-refractivity contribution in [2.75, 3.05) is 13.1 Å². The molecule has 17 heavy (non-hydrogen) atoms. The molecule has 88 valence electrons. The van der Waals surface area contributed by atoms with Crippen molar-refractivity contribution in [3.05, 3.63) is 39.9 Å². The Balaban J connectivity index is 1.83. The second-order valence-corrected chi connectivity index (χ2v) is 5.01. The fourth-order valence-electron chi connectivity index (χ4n) is 2.43. The Bertz CT molecular complexity index is 503. The molecule has 0 radical (unpaired) electrons. The van der Waals surface area contributed by atoms with Crippen molar-refractivity contribution in [3.8, 4) is 0 Å². The van der Waals surface area contributed by atoms with Crippen LogP contribution in [0.25, 0.3) is 6.08 Å². The summed E-state index contributed by atoms with van der Waals surface area (Å²) in [6.07, 6.45) is 5.49. The lowest BCUT2D eigenvalue weighted by Gasteiger charge is -2.16. The first-order chi connectivity index (χ1) is 8.31. The number of hydrogen-bond acceptors (Lipinski definition) is 2. The number of hydrogen-bond donors (Lipinski definition) is 1. The first-order valence-electron chi connectivity index (χ1n) is 6.06. The molecule has 0 saturated carbocycles. The van der Waals surface area contributed by atoms with Crippen molar-refractivity contribution in [1.29, 1.82) is 0 Å². The van der Waals surface area contributed by atoms with Crippen LogP contribution in [0.5, 0.6) is 0 Å². The van der Waals surface area contributed by atoms with Gasteiger partial charge in [0.05, 0.1) is 6.54 Å². The van der Waals surface area contributed by atoms with Crippen LogP contribution in [0.1, 0.15) is 24.0 Å². The molecular formula is C14H15ClN2. The zero-order valence-corrected chi connectivity index (χ0v) is 10.4. The van der Waals surface area contributed by atoms with E-state index in [1.807, 2.05) is 6.07 Å². The summed E-state index contributed by atoms with van der Waals surface area (Å²) in [7, 11) is 0. The van der Waals surface area contributed by atoms with Gasteiger partial charge in [0, 0.05) is 18.0 Å².